The van der Waals surface area contributed by atoms with Gasteiger partial charge in [0.25, 0.3) is 0 Å². The van der Waals surface area contributed by atoms with Crippen molar-refractivity contribution in [2.75, 3.05) is 14.2 Å². The Balaban J connectivity index is 2.57. The Labute approximate surface area is 118 Å². The molecule has 102 valence electrons. The molecule has 2 aromatic rings. The summed E-state index contributed by atoms with van der Waals surface area (Å²) in [5, 5.41) is 0. The molecule has 0 aliphatic heterocycles. The van der Waals surface area contributed by atoms with Gasteiger partial charge in [-0.15, -0.1) is 0 Å². The summed E-state index contributed by atoms with van der Waals surface area (Å²) in [6.07, 6.45) is 1.41. The van der Waals surface area contributed by atoms with Crippen molar-refractivity contribution >= 4 is 11.5 Å². The van der Waals surface area contributed by atoms with Gasteiger partial charge in [-0.2, -0.15) is 0 Å². The molecule has 0 N–H and O–H groups in total. The molecule has 3 heteroatoms. The maximum Gasteiger partial charge on any atom is 0.341 e. The summed E-state index contributed by atoms with van der Waals surface area (Å²) < 4.78 is 9.83. The molecule has 0 bridgehead atoms. The monoisotopic (exact) mass is 268 g/mol. The van der Waals surface area contributed by atoms with Gasteiger partial charge in [-0.3, -0.25) is 0 Å². The van der Waals surface area contributed by atoms with E-state index in [4.69, 9.17) is 9.47 Å². The van der Waals surface area contributed by atoms with Crippen molar-refractivity contribution in [1.29, 1.82) is 0 Å². The van der Waals surface area contributed by atoms with Crippen molar-refractivity contribution in [3.63, 3.8) is 0 Å². The summed E-state index contributed by atoms with van der Waals surface area (Å²) >= 11 is 0. The molecular formula is C17H16O3. The molecule has 20 heavy (non-hydrogen) atoms. The van der Waals surface area contributed by atoms with Crippen LogP contribution < -0.4 is 0 Å². The van der Waals surface area contributed by atoms with Crippen LogP contribution in [0, 0.1) is 0 Å². The van der Waals surface area contributed by atoms with E-state index in [0.29, 0.717) is 5.57 Å². The lowest BCUT2D eigenvalue weighted by molar-refractivity contribution is -0.133. The zero-order valence-electron chi connectivity index (χ0n) is 11.5. The van der Waals surface area contributed by atoms with E-state index >= 15 is 0 Å². The van der Waals surface area contributed by atoms with Crippen molar-refractivity contribution in [1.82, 2.24) is 0 Å². The highest BCUT2D eigenvalue weighted by Crippen LogP contribution is 2.29. The highest BCUT2D eigenvalue weighted by molar-refractivity contribution is 6.18. The normalized spacial score (nSPS) is 11.0. The summed E-state index contributed by atoms with van der Waals surface area (Å²) in [7, 11) is 2.87. The van der Waals surface area contributed by atoms with E-state index in [9.17, 15) is 4.79 Å². The number of esters is 1. The molecule has 2 aromatic carbocycles. The van der Waals surface area contributed by atoms with E-state index in [1.165, 1.54) is 20.5 Å². The Morgan fingerprint density at radius 3 is 2.25 bits per heavy atom. The number of benzene rings is 2. The Morgan fingerprint density at radius 1 is 0.950 bits per heavy atom. The van der Waals surface area contributed by atoms with E-state index in [2.05, 4.69) is 0 Å². The number of ether oxygens (including phenoxy) is 2. The first kappa shape index (κ1) is 13.9. The second kappa shape index (κ2) is 6.57. The van der Waals surface area contributed by atoms with Crippen LogP contribution in [-0.4, -0.2) is 20.2 Å². The quantitative estimate of drug-likeness (QED) is 0.483. The van der Waals surface area contributed by atoms with Crippen LogP contribution in [0.1, 0.15) is 5.56 Å². The maximum atomic E-state index is 11.9. The van der Waals surface area contributed by atoms with Crippen LogP contribution >= 0.6 is 0 Å². The number of methoxy groups -OCH3 is 2. The Bertz CT molecular complexity index is 615. The Morgan fingerprint density at radius 2 is 1.60 bits per heavy atom. The summed E-state index contributed by atoms with van der Waals surface area (Å²) in [6.45, 7) is 0. The van der Waals surface area contributed by atoms with Crippen molar-refractivity contribution in [2.45, 2.75) is 0 Å². The minimum Gasteiger partial charge on any atom is -0.503 e. The molecule has 2 rings (SSSR count). The van der Waals surface area contributed by atoms with Gasteiger partial charge < -0.3 is 9.47 Å². The second-order valence-electron chi connectivity index (χ2n) is 4.17. The molecule has 0 aliphatic rings. The van der Waals surface area contributed by atoms with Crippen LogP contribution in [-0.2, 0) is 14.3 Å². The zero-order chi connectivity index (χ0) is 14.4. The third-order valence-corrected chi connectivity index (χ3v) is 2.94. The van der Waals surface area contributed by atoms with Gasteiger partial charge in [-0.1, -0.05) is 54.6 Å². The van der Waals surface area contributed by atoms with E-state index in [0.717, 1.165) is 16.7 Å². The van der Waals surface area contributed by atoms with Gasteiger partial charge in [0.2, 0.25) is 0 Å². The Kier molecular flexibility index (Phi) is 4.56. The Hall–Kier alpha value is -2.55. The maximum absolute atomic E-state index is 11.9. The van der Waals surface area contributed by atoms with Crippen molar-refractivity contribution < 1.29 is 14.3 Å². The van der Waals surface area contributed by atoms with Gasteiger partial charge in [-0.25, -0.2) is 4.79 Å². The highest BCUT2D eigenvalue weighted by atomic mass is 16.5. The molecule has 0 radical (unpaired) electrons. The van der Waals surface area contributed by atoms with Crippen LogP contribution in [0.15, 0.2) is 60.9 Å². The largest absolute Gasteiger partial charge is 0.503 e. The standard InChI is InChI=1S/C17H16O3/c1-19-12-16(17(18)20-2)15-11-7-6-10-14(15)13-8-4-3-5-9-13/h3-12H,1-2H3/b16-12-. The van der Waals surface area contributed by atoms with Crippen LogP contribution in [0.2, 0.25) is 0 Å². The first-order valence-corrected chi connectivity index (χ1v) is 6.24. The molecule has 0 aliphatic carbocycles. The molecule has 0 saturated carbocycles. The van der Waals surface area contributed by atoms with Crippen LogP contribution in [0.3, 0.4) is 0 Å². The zero-order valence-corrected chi connectivity index (χ0v) is 11.5. The first-order chi connectivity index (χ1) is 9.77. The lowest BCUT2D eigenvalue weighted by Gasteiger charge is -2.11. The smallest absolute Gasteiger partial charge is 0.341 e. The molecule has 0 unspecified atom stereocenters. The predicted octanol–water partition coefficient (Wildman–Crippen LogP) is 3.51. The third kappa shape index (κ3) is 2.88. The highest BCUT2D eigenvalue weighted by Gasteiger charge is 2.17. The first-order valence-electron chi connectivity index (χ1n) is 6.24. The van der Waals surface area contributed by atoms with Crippen LogP contribution in [0.4, 0.5) is 0 Å². The topological polar surface area (TPSA) is 35.5 Å². The van der Waals surface area contributed by atoms with Gasteiger partial charge >= 0.3 is 5.97 Å². The number of carbonyl (C=O) groups excluding carboxylic acids is 1. The van der Waals surface area contributed by atoms with Crippen molar-refractivity contribution in [2.24, 2.45) is 0 Å². The minimum absolute atomic E-state index is 0.398. The SMILES string of the molecule is CO/C=C(\C(=O)OC)c1ccccc1-c1ccccc1. The van der Waals surface area contributed by atoms with Gasteiger partial charge in [-0.05, 0) is 16.7 Å². The van der Waals surface area contributed by atoms with E-state index in [1.807, 2.05) is 54.6 Å². The fourth-order valence-electron chi connectivity index (χ4n) is 2.04. The fraction of sp³-hybridized carbons (Fsp3) is 0.118. The second-order valence-corrected chi connectivity index (χ2v) is 4.17. The van der Waals surface area contributed by atoms with Gasteiger partial charge in [0.05, 0.1) is 20.5 Å². The summed E-state index contributed by atoms with van der Waals surface area (Å²) in [6, 6.07) is 17.6. The minimum atomic E-state index is -0.421. The number of carbonyl (C=O) groups is 1. The van der Waals surface area contributed by atoms with Gasteiger partial charge in [0.1, 0.15) is 5.57 Å². The van der Waals surface area contributed by atoms with E-state index in [1.54, 1.807) is 0 Å². The number of hydrogen-bond acceptors (Lipinski definition) is 3. The summed E-state index contributed by atoms with van der Waals surface area (Å²) in [4.78, 5) is 11.9. The van der Waals surface area contributed by atoms with Gasteiger partial charge in [0, 0.05) is 0 Å². The van der Waals surface area contributed by atoms with Crippen molar-refractivity contribution in [3.8, 4) is 11.1 Å². The summed E-state index contributed by atoms with van der Waals surface area (Å²) in [5.41, 5.74) is 3.18. The lowest BCUT2D eigenvalue weighted by atomic mass is 9.95. The molecule has 0 heterocycles. The number of rotatable bonds is 4. The number of hydrogen-bond donors (Lipinski definition) is 0. The predicted molar refractivity (Wildman–Crippen MR) is 78.9 cm³/mol. The fourth-order valence-corrected chi connectivity index (χ4v) is 2.04. The average molecular weight is 268 g/mol. The van der Waals surface area contributed by atoms with Gasteiger partial charge in [0.15, 0.2) is 0 Å². The molecule has 0 aromatic heterocycles. The van der Waals surface area contributed by atoms with E-state index in [-0.39, 0.29) is 0 Å². The lowest BCUT2D eigenvalue weighted by Crippen LogP contribution is -2.05. The molecular weight excluding hydrogens is 252 g/mol. The molecule has 0 spiro atoms. The van der Waals surface area contributed by atoms with E-state index < -0.39 is 5.97 Å². The third-order valence-electron chi connectivity index (χ3n) is 2.94. The summed E-state index contributed by atoms with van der Waals surface area (Å²) in [5.74, 6) is -0.421. The molecule has 0 amide bonds. The molecule has 0 saturated heterocycles. The average Bonchev–Trinajstić information content (AvgIpc) is 2.53. The molecule has 0 atom stereocenters. The molecule has 0 fully saturated rings. The molecule has 3 nitrogen and oxygen atoms in total. The van der Waals surface area contributed by atoms with Crippen molar-refractivity contribution in [3.05, 3.63) is 66.4 Å². The van der Waals surface area contributed by atoms with Crippen LogP contribution in [0.25, 0.3) is 16.7 Å². The van der Waals surface area contributed by atoms with Crippen LogP contribution in [0.5, 0.6) is 0 Å².